The first-order valence-electron chi connectivity index (χ1n) is 21.3. The number of aromatic nitrogens is 1. The summed E-state index contributed by atoms with van der Waals surface area (Å²) in [7, 11) is 0. The lowest BCUT2D eigenvalue weighted by Crippen LogP contribution is -2.35. The molecule has 288 valence electrons. The summed E-state index contributed by atoms with van der Waals surface area (Å²) in [6, 6.07) is 78.5. The van der Waals surface area contributed by atoms with Crippen LogP contribution in [0.5, 0.6) is 0 Å². The highest BCUT2D eigenvalue weighted by molar-refractivity contribution is 6.08. The molecule has 12 rings (SSSR count). The van der Waals surface area contributed by atoms with E-state index < -0.39 is 0 Å². The van der Waals surface area contributed by atoms with Gasteiger partial charge in [0.05, 0.1) is 5.41 Å². The summed E-state index contributed by atoms with van der Waals surface area (Å²) in [6.07, 6.45) is 9.33. The van der Waals surface area contributed by atoms with Crippen LogP contribution >= 0.6 is 0 Å². The van der Waals surface area contributed by atoms with Gasteiger partial charge in [0.25, 0.3) is 0 Å². The van der Waals surface area contributed by atoms with Crippen LogP contribution in [0.15, 0.2) is 237 Å². The summed E-state index contributed by atoms with van der Waals surface area (Å²) in [5.74, 6) is 0.504. The molecule has 0 saturated carbocycles. The number of hydrogen-bond acceptors (Lipinski definition) is 1. The Morgan fingerprint density at radius 1 is 0.393 bits per heavy atom. The first kappa shape index (κ1) is 35.3. The zero-order valence-corrected chi connectivity index (χ0v) is 33.6. The van der Waals surface area contributed by atoms with Crippen molar-refractivity contribution in [3.05, 3.63) is 259 Å². The highest BCUT2D eigenvalue weighted by atomic mass is 15.1. The Labute approximate surface area is 356 Å². The summed E-state index contributed by atoms with van der Waals surface area (Å²) in [6.45, 7) is 0. The van der Waals surface area contributed by atoms with Gasteiger partial charge in [-0.15, -0.1) is 0 Å². The molecule has 2 unspecified atom stereocenters. The molecule has 2 aliphatic carbocycles. The van der Waals surface area contributed by atoms with E-state index >= 15 is 0 Å². The summed E-state index contributed by atoms with van der Waals surface area (Å²) < 4.78 is 0. The Hall–Kier alpha value is -7.68. The molecule has 9 aromatic carbocycles. The number of anilines is 3. The van der Waals surface area contributed by atoms with Crippen LogP contribution < -0.4 is 4.90 Å². The number of H-pyrrole nitrogens is 1. The van der Waals surface area contributed by atoms with E-state index in [2.05, 4.69) is 247 Å². The predicted molar refractivity (Wildman–Crippen MR) is 256 cm³/mol. The van der Waals surface area contributed by atoms with Crippen molar-refractivity contribution < 1.29 is 0 Å². The number of allylic oxidation sites excluding steroid dienone is 4. The van der Waals surface area contributed by atoms with Crippen molar-refractivity contribution in [1.29, 1.82) is 0 Å². The van der Waals surface area contributed by atoms with Gasteiger partial charge in [-0.25, -0.2) is 0 Å². The van der Waals surface area contributed by atoms with Crippen LogP contribution in [-0.4, -0.2) is 4.98 Å². The molecule has 0 bridgehead atoms. The summed E-state index contributed by atoms with van der Waals surface area (Å²) >= 11 is 0. The molecule has 61 heavy (non-hydrogen) atoms. The maximum absolute atomic E-state index is 3.57. The Balaban J connectivity index is 0.990. The Bertz CT molecular complexity index is 3280. The SMILES string of the molecule is C1=CC2c3ccc(N(c4ccc(-c5cccc(-c6ccc7[nH]c8ccccc8c7c6)c5)cc4)c4ccc5ccccc5c4)cc3C(c3ccccc3)(c3ccccc3)C2C=C1. The van der Waals surface area contributed by atoms with Gasteiger partial charge in [-0.3, -0.25) is 0 Å². The van der Waals surface area contributed by atoms with Crippen LogP contribution in [0.2, 0.25) is 0 Å². The maximum atomic E-state index is 3.57. The monoisotopic (exact) mass is 778 g/mol. The largest absolute Gasteiger partial charge is 0.355 e. The van der Waals surface area contributed by atoms with Crippen LogP contribution in [0.4, 0.5) is 17.1 Å². The molecule has 2 nitrogen and oxygen atoms in total. The normalized spacial score (nSPS) is 16.2. The molecule has 0 aliphatic heterocycles. The van der Waals surface area contributed by atoms with E-state index in [0.29, 0.717) is 0 Å². The van der Waals surface area contributed by atoms with E-state index in [1.54, 1.807) is 0 Å². The van der Waals surface area contributed by atoms with Crippen molar-refractivity contribution in [3.63, 3.8) is 0 Å². The zero-order valence-electron chi connectivity index (χ0n) is 33.6. The average molecular weight is 779 g/mol. The van der Waals surface area contributed by atoms with Crippen molar-refractivity contribution >= 4 is 49.6 Å². The molecule has 10 aromatic rings. The highest BCUT2D eigenvalue weighted by Crippen LogP contribution is 2.60. The first-order valence-corrected chi connectivity index (χ1v) is 21.3. The van der Waals surface area contributed by atoms with Gasteiger partial charge in [0, 0.05) is 50.7 Å². The number of para-hydroxylation sites is 1. The number of fused-ring (bicyclic) bond motifs is 7. The Morgan fingerprint density at radius 3 is 1.80 bits per heavy atom. The average Bonchev–Trinajstić information content (AvgIpc) is 3.86. The van der Waals surface area contributed by atoms with Crippen LogP contribution in [0.25, 0.3) is 54.8 Å². The molecule has 2 heteroatoms. The lowest BCUT2D eigenvalue weighted by Gasteiger charge is -2.39. The van der Waals surface area contributed by atoms with Crippen molar-refractivity contribution in [2.24, 2.45) is 5.92 Å². The molecule has 1 aromatic heterocycles. The van der Waals surface area contributed by atoms with Gasteiger partial charge in [-0.1, -0.05) is 176 Å². The quantitative estimate of drug-likeness (QED) is 0.171. The van der Waals surface area contributed by atoms with E-state index in [9.17, 15) is 0 Å². The van der Waals surface area contributed by atoms with E-state index in [1.165, 1.54) is 71.6 Å². The molecule has 0 saturated heterocycles. The molecular weight excluding hydrogens is 737 g/mol. The van der Waals surface area contributed by atoms with Crippen LogP contribution in [0.3, 0.4) is 0 Å². The lowest BCUT2D eigenvalue weighted by atomic mass is 9.63. The fourth-order valence-electron chi connectivity index (χ4n) is 10.5. The topological polar surface area (TPSA) is 19.0 Å². The van der Waals surface area contributed by atoms with Gasteiger partial charge in [-0.2, -0.15) is 0 Å². The number of rotatable bonds is 7. The van der Waals surface area contributed by atoms with Crippen LogP contribution in [0.1, 0.15) is 28.2 Å². The predicted octanol–water partition coefficient (Wildman–Crippen LogP) is 15.5. The molecule has 2 aliphatic rings. The van der Waals surface area contributed by atoms with Gasteiger partial charge in [0.2, 0.25) is 0 Å². The van der Waals surface area contributed by atoms with Gasteiger partial charge < -0.3 is 9.88 Å². The second kappa shape index (κ2) is 14.3. The molecular formula is C59H42N2. The Morgan fingerprint density at radius 2 is 1.00 bits per heavy atom. The highest BCUT2D eigenvalue weighted by Gasteiger charge is 2.53. The number of benzene rings is 9. The van der Waals surface area contributed by atoms with Crippen molar-refractivity contribution in [2.75, 3.05) is 4.90 Å². The zero-order chi connectivity index (χ0) is 40.3. The summed E-state index contributed by atoms with van der Waals surface area (Å²) in [5, 5.41) is 4.95. The van der Waals surface area contributed by atoms with Crippen LogP contribution in [0, 0.1) is 5.92 Å². The number of aromatic amines is 1. The third-order valence-electron chi connectivity index (χ3n) is 13.3. The van der Waals surface area contributed by atoms with Crippen molar-refractivity contribution in [1.82, 2.24) is 4.98 Å². The smallest absolute Gasteiger partial charge is 0.0526 e. The summed E-state index contributed by atoms with van der Waals surface area (Å²) in [4.78, 5) is 6.02. The summed E-state index contributed by atoms with van der Waals surface area (Å²) in [5.41, 5.74) is 15.5. The molecule has 2 atom stereocenters. The van der Waals surface area contributed by atoms with E-state index in [0.717, 1.165) is 22.6 Å². The van der Waals surface area contributed by atoms with Crippen molar-refractivity contribution in [3.8, 4) is 22.3 Å². The standard InChI is InChI=1S/C59H42N2/c1-3-18-46(19-4-1)59(47-20-5-2-6-21-47)55-24-11-9-22-51(55)52-34-33-50(39-56(52)59)61(49-32-28-40-14-7-8-15-44(40)37-49)48-30-26-41(27-31-48)42-16-13-17-43(36-42)45-29-35-58-54(38-45)53-23-10-12-25-57(53)60-58/h1-39,51,55,60H. The first-order chi connectivity index (χ1) is 30.2. The number of nitrogens with zero attached hydrogens (tertiary/aromatic N) is 1. The molecule has 1 heterocycles. The lowest BCUT2D eigenvalue weighted by molar-refractivity contribution is 0.457. The minimum absolute atomic E-state index is 0.237. The fraction of sp³-hybridized carbons (Fsp3) is 0.0508. The van der Waals surface area contributed by atoms with Gasteiger partial charge in [0.15, 0.2) is 0 Å². The molecule has 0 spiro atoms. The second-order valence-corrected chi connectivity index (χ2v) is 16.6. The molecule has 0 radical (unpaired) electrons. The van der Waals surface area contributed by atoms with E-state index in [4.69, 9.17) is 0 Å². The number of nitrogens with one attached hydrogen (secondary N) is 1. The third-order valence-corrected chi connectivity index (χ3v) is 13.3. The van der Waals surface area contributed by atoms with Gasteiger partial charge >= 0.3 is 0 Å². The van der Waals surface area contributed by atoms with E-state index in [1.807, 2.05) is 0 Å². The van der Waals surface area contributed by atoms with Crippen LogP contribution in [-0.2, 0) is 5.41 Å². The minimum Gasteiger partial charge on any atom is -0.355 e. The Kier molecular flexibility index (Phi) is 8.24. The van der Waals surface area contributed by atoms with E-state index in [-0.39, 0.29) is 17.3 Å². The minimum atomic E-state index is -0.373. The third kappa shape index (κ3) is 5.71. The van der Waals surface area contributed by atoms with Gasteiger partial charge in [-0.05, 0) is 116 Å². The van der Waals surface area contributed by atoms with Crippen molar-refractivity contribution in [2.45, 2.75) is 11.3 Å². The fourth-order valence-corrected chi connectivity index (χ4v) is 10.5. The second-order valence-electron chi connectivity index (χ2n) is 16.6. The number of hydrogen-bond donors (Lipinski definition) is 1. The molecule has 1 N–H and O–H groups in total. The molecule has 0 amide bonds. The maximum Gasteiger partial charge on any atom is 0.0526 e. The molecule has 0 fully saturated rings. The van der Waals surface area contributed by atoms with Gasteiger partial charge in [0.1, 0.15) is 0 Å².